The maximum Gasteiger partial charge on any atom is 0.247 e. The third kappa shape index (κ3) is 5.69. The first-order valence-corrected chi connectivity index (χ1v) is 14.4. The fourth-order valence-corrected chi connectivity index (χ4v) is 8.36. The first kappa shape index (κ1) is 26.9. The molecule has 5 aliphatic rings. The van der Waals surface area contributed by atoms with Crippen LogP contribution in [0.1, 0.15) is 55.3 Å². The van der Waals surface area contributed by atoms with Gasteiger partial charge in [-0.2, -0.15) is 0 Å². The maximum absolute atomic E-state index is 12.9. The Balaban J connectivity index is 1.36. The van der Waals surface area contributed by atoms with Crippen LogP contribution in [-0.4, -0.2) is 67.5 Å². The van der Waals surface area contributed by atoms with E-state index in [9.17, 15) is 19.8 Å². The van der Waals surface area contributed by atoms with Crippen LogP contribution in [0, 0.1) is 26.7 Å². The number of aldehydes is 1. The normalized spacial score (nSPS) is 34.1. The van der Waals surface area contributed by atoms with Crippen LogP contribution in [0.2, 0.25) is 0 Å². The van der Waals surface area contributed by atoms with Crippen molar-refractivity contribution in [2.24, 2.45) is 23.2 Å². The Morgan fingerprint density at radius 2 is 1.86 bits per heavy atom. The van der Waals surface area contributed by atoms with Crippen molar-refractivity contribution < 1.29 is 29.3 Å². The molecule has 0 radical (unpaired) electrons. The van der Waals surface area contributed by atoms with Crippen LogP contribution in [0.3, 0.4) is 0 Å². The second kappa shape index (κ2) is 11.2. The molecule has 4 fully saturated rings. The lowest BCUT2D eigenvalue weighted by molar-refractivity contribution is -0.118. The van der Waals surface area contributed by atoms with Crippen molar-refractivity contribution in [2.45, 2.75) is 63.2 Å². The molecule has 1 aromatic rings. The number of amides is 1. The molecule has 37 heavy (non-hydrogen) atoms. The van der Waals surface area contributed by atoms with Crippen molar-refractivity contribution in [3.05, 3.63) is 32.9 Å². The Bertz CT molecular complexity index is 1020. The molecular formula is C28H37IN2O6. The highest BCUT2D eigenvalue weighted by molar-refractivity contribution is 14.1. The number of hydrogen-bond donors (Lipinski definition) is 4. The molecule has 202 valence electrons. The summed E-state index contributed by atoms with van der Waals surface area (Å²) in [5, 5.41) is 27.0. The molecule has 1 aromatic carbocycles. The first-order chi connectivity index (χ1) is 17.8. The lowest BCUT2D eigenvalue weighted by Crippen LogP contribution is -2.56. The molecule has 1 amide bonds. The van der Waals surface area contributed by atoms with E-state index in [4.69, 9.17) is 9.47 Å². The largest absolute Gasteiger partial charge is 0.493 e. The number of carbonyl (C=O) groups excluding carboxylic acids is 2. The van der Waals surface area contributed by atoms with Gasteiger partial charge >= 0.3 is 0 Å². The van der Waals surface area contributed by atoms with Crippen molar-refractivity contribution >= 4 is 34.8 Å². The number of ether oxygens (including phenoxy) is 2. The smallest absolute Gasteiger partial charge is 0.247 e. The topological polar surface area (TPSA) is 117 Å². The lowest BCUT2D eigenvalue weighted by Gasteiger charge is -2.57. The molecule has 8 nitrogen and oxygen atoms in total. The Morgan fingerprint density at radius 1 is 1.19 bits per heavy atom. The summed E-state index contributed by atoms with van der Waals surface area (Å²) < 4.78 is 12.4. The van der Waals surface area contributed by atoms with E-state index in [-0.39, 0.29) is 30.5 Å². The zero-order chi connectivity index (χ0) is 26.2. The van der Waals surface area contributed by atoms with Gasteiger partial charge in [0.25, 0.3) is 0 Å². The molecule has 4 saturated carbocycles. The van der Waals surface area contributed by atoms with Crippen molar-refractivity contribution in [1.82, 2.24) is 10.6 Å². The summed E-state index contributed by atoms with van der Waals surface area (Å²) in [4.78, 5) is 24.2. The van der Waals surface area contributed by atoms with Gasteiger partial charge in [0.15, 0.2) is 11.5 Å². The third-order valence-electron chi connectivity index (χ3n) is 8.79. The van der Waals surface area contributed by atoms with E-state index in [1.807, 2.05) is 0 Å². The van der Waals surface area contributed by atoms with Gasteiger partial charge < -0.3 is 30.3 Å². The molecule has 0 heterocycles. The van der Waals surface area contributed by atoms with Crippen LogP contribution in [0.4, 0.5) is 0 Å². The van der Waals surface area contributed by atoms with E-state index in [0.29, 0.717) is 32.6 Å². The Kier molecular flexibility index (Phi) is 8.14. The summed E-state index contributed by atoms with van der Waals surface area (Å²) >= 11 is 2.08. The highest BCUT2D eigenvalue weighted by Crippen LogP contribution is 2.59. The number of aliphatic hydroxyl groups is 2. The number of carbonyl (C=O) groups is 2. The molecule has 3 atom stereocenters. The van der Waals surface area contributed by atoms with Crippen LogP contribution >= 0.6 is 22.6 Å². The molecule has 0 spiro atoms. The lowest BCUT2D eigenvalue weighted by atomic mass is 9.49. The van der Waals surface area contributed by atoms with E-state index in [2.05, 4.69) is 33.2 Å². The Hall–Kier alpha value is -1.69. The van der Waals surface area contributed by atoms with Gasteiger partial charge in [-0.05, 0) is 109 Å². The van der Waals surface area contributed by atoms with E-state index in [1.54, 1.807) is 18.2 Å². The Labute approximate surface area is 231 Å². The van der Waals surface area contributed by atoms with Crippen molar-refractivity contribution in [3.8, 4) is 11.5 Å². The maximum atomic E-state index is 12.9. The molecule has 3 unspecified atom stereocenters. The summed E-state index contributed by atoms with van der Waals surface area (Å²) in [6.07, 6.45) is 9.03. The zero-order valence-electron chi connectivity index (χ0n) is 21.2. The number of aliphatic hydroxyl groups excluding tert-OH is 2. The van der Waals surface area contributed by atoms with Crippen molar-refractivity contribution in [3.63, 3.8) is 0 Å². The van der Waals surface area contributed by atoms with E-state index in [0.717, 1.165) is 30.6 Å². The summed E-state index contributed by atoms with van der Waals surface area (Å²) in [5.41, 5.74) is 1.27. The quantitative estimate of drug-likeness (QED) is 0.234. The number of benzene rings is 1. The third-order valence-corrected chi connectivity index (χ3v) is 9.59. The molecule has 6 rings (SSSR count). The van der Waals surface area contributed by atoms with Gasteiger partial charge in [-0.25, -0.2) is 0 Å². The van der Waals surface area contributed by atoms with Gasteiger partial charge in [0.1, 0.15) is 18.5 Å². The molecule has 5 aliphatic carbocycles. The van der Waals surface area contributed by atoms with Crippen LogP contribution < -0.4 is 20.1 Å². The fourth-order valence-electron chi connectivity index (χ4n) is 7.61. The molecule has 0 aliphatic heterocycles. The SMILES string of the molecule is COc1cc(C=O)cc(I)c1OC1C=C(C(=O)NCCO)CC(NCC23CC4CC(CC(C4)C2)C3)C1O. The summed E-state index contributed by atoms with van der Waals surface area (Å²) in [5.74, 6) is 3.06. The van der Waals surface area contributed by atoms with E-state index >= 15 is 0 Å². The minimum Gasteiger partial charge on any atom is -0.493 e. The highest BCUT2D eigenvalue weighted by atomic mass is 127. The standard InChI is InChI=1S/C28H37IN2O6/c1-36-24-8-19(14-33)7-21(29)26(24)37-23-10-20(27(35)30-2-3-32)9-22(25(23)34)31-15-28-11-16-4-17(12-28)6-18(5-16)13-28/h7-8,10,14,16-18,22-23,25,31-32,34H,2-6,9,11-13,15H2,1H3,(H,30,35). The molecule has 9 heteroatoms. The van der Waals surface area contributed by atoms with Gasteiger partial charge in [0.2, 0.25) is 5.91 Å². The molecule has 4 N–H and O–H groups in total. The van der Waals surface area contributed by atoms with Gasteiger partial charge in [-0.3, -0.25) is 9.59 Å². The minimum absolute atomic E-state index is 0.145. The average Bonchev–Trinajstić information content (AvgIpc) is 2.87. The van der Waals surface area contributed by atoms with Crippen molar-refractivity contribution in [1.29, 1.82) is 0 Å². The van der Waals surface area contributed by atoms with Gasteiger partial charge in [0, 0.05) is 30.3 Å². The fraction of sp³-hybridized carbons (Fsp3) is 0.643. The number of nitrogens with one attached hydrogen (secondary N) is 2. The number of halogens is 1. The first-order valence-electron chi connectivity index (χ1n) is 13.3. The highest BCUT2D eigenvalue weighted by Gasteiger charge is 2.51. The van der Waals surface area contributed by atoms with E-state index < -0.39 is 12.2 Å². The number of rotatable bonds is 10. The zero-order valence-corrected chi connectivity index (χ0v) is 23.4. The van der Waals surface area contributed by atoms with Crippen LogP contribution in [0.5, 0.6) is 11.5 Å². The summed E-state index contributed by atoms with van der Waals surface area (Å²) in [6.45, 7) is 0.855. The predicted octanol–water partition coefficient (Wildman–Crippen LogP) is 2.83. The summed E-state index contributed by atoms with van der Waals surface area (Å²) in [6, 6.07) is 2.94. The second-order valence-corrected chi connectivity index (χ2v) is 12.7. The van der Waals surface area contributed by atoms with Gasteiger partial charge in [-0.1, -0.05) is 0 Å². The van der Waals surface area contributed by atoms with Gasteiger partial charge in [0.05, 0.1) is 17.3 Å². The van der Waals surface area contributed by atoms with Crippen LogP contribution in [0.25, 0.3) is 0 Å². The van der Waals surface area contributed by atoms with E-state index in [1.165, 1.54) is 45.6 Å². The van der Waals surface area contributed by atoms with Gasteiger partial charge in [-0.15, -0.1) is 0 Å². The Morgan fingerprint density at radius 3 is 2.46 bits per heavy atom. The second-order valence-electron chi connectivity index (χ2n) is 11.5. The summed E-state index contributed by atoms with van der Waals surface area (Å²) in [7, 11) is 1.50. The number of hydrogen-bond acceptors (Lipinski definition) is 7. The monoisotopic (exact) mass is 624 g/mol. The average molecular weight is 625 g/mol. The number of methoxy groups -OCH3 is 1. The minimum atomic E-state index is -0.880. The predicted molar refractivity (Wildman–Crippen MR) is 147 cm³/mol. The molecular weight excluding hydrogens is 587 g/mol. The molecule has 4 bridgehead atoms. The van der Waals surface area contributed by atoms with Crippen molar-refractivity contribution in [2.75, 3.05) is 26.8 Å². The van der Waals surface area contributed by atoms with Crippen LogP contribution in [-0.2, 0) is 4.79 Å². The van der Waals surface area contributed by atoms with Crippen LogP contribution in [0.15, 0.2) is 23.8 Å². The molecule has 0 aromatic heterocycles. The molecule has 0 saturated heterocycles.